The van der Waals surface area contributed by atoms with Gasteiger partial charge in [-0.1, -0.05) is 12.1 Å². The molecule has 0 atom stereocenters. The lowest BCUT2D eigenvalue weighted by Gasteiger charge is -2.33. The molecule has 1 aromatic heterocycles. The van der Waals surface area contributed by atoms with E-state index in [4.69, 9.17) is 4.74 Å². The molecule has 0 aliphatic carbocycles. The van der Waals surface area contributed by atoms with Crippen molar-refractivity contribution in [1.29, 1.82) is 0 Å². The molecule has 164 valence electrons. The topological polar surface area (TPSA) is 65.0 Å². The Balaban J connectivity index is 0.00000320. The third-order valence-electron chi connectivity index (χ3n) is 5.19. The zero-order chi connectivity index (χ0) is 20.5. The molecule has 1 fully saturated rings. The number of nitrogens with one attached hydrogen (secondary N) is 2. The predicted molar refractivity (Wildman–Crippen MR) is 134 cm³/mol. The number of anilines is 1. The lowest BCUT2D eigenvalue weighted by molar-refractivity contribution is 0.312. The number of piperazine rings is 1. The summed E-state index contributed by atoms with van der Waals surface area (Å²) < 4.78 is 5.20. The number of hydrogen-bond donors (Lipinski definition) is 2. The number of rotatable bonds is 7. The van der Waals surface area contributed by atoms with E-state index in [2.05, 4.69) is 61.7 Å². The number of halogens is 1. The molecular formula is C22H33IN6O. The van der Waals surface area contributed by atoms with E-state index in [0.717, 1.165) is 56.7 Å². The van der Waals surface area contributed by atoms with Gasteiger partial charge >= 0.3 is 0 Å². The zero-order valence-electron chi connectivity index (χ0n) is 18.1. The quantitative estimate of drug-likeness (QED) is 0.330. The molecule has 1 aliphatic heterocycles. The molecule has 2 heterocycles. The number of hydrogen-bond acceptors (Lipinski definition) is 5. The van der Waals surface area contributed by atoms with Crippen LogP contribution in [0.1, 0.15) is 11.1 Å². The van der Waals surface area contributed by atoms with Crippen molar-refractivity contribution in [2.45, 2.75) is 13.0 Å². The summed E-state index contributed by atoms with van der Waals surface area (Å²) in [6.45, 7) is 5.73. The predicted octanol–water partition coefficient (Wildman–Crippen LogP) is 2.37. The molecule has 0 bridgehead atoms. The van der Waals surface area contributed by atoms with Gasteiger partial charge < -0.3 is 25.2 Å². The molecule has 30 heavy (non-hydrogen) atoms. The first-order chi connectivity index (χ1) is 14.2. The highest BCUT2D eigenvalue weighted by atomic mass is 127. The van der Waals surface area contributed by atoms with Gasteiger partial charge in [-0.2, -0.15) is 0 Å². The van der Waals surface area contributed by atoms with E-state index < -0.39 is 0 Å². The van der Waals surface area contributed by atoms with Crippen molar-refractivity contribution < 1.29 is 4.74 Å². The number of methoxy groups -OCH3 is 1. The summed E-state index contributed by atoms with van der Waals surface area (Å²) in [6.07, 6.45) is 2.82. The summed E-state index contributed by atoms with van der Waals surface area (Å²) in [7, 11) is 5.65. The minimum atomic E-state index is 0. The Morgan fingerprint density at radius 3 is 2.47 bits per heavy atom. The standard InChI is InChI=1S/C22H32N6O.HI/c1-23-22(25-11-8-18-4-6-20(29-3)7-5-18)26-17-19-9-10-24-21(16-19)28-14-12-27(2)13-15-28;/h4-7,9-10,16H,8,11-15,17H2,1-3H3,(H2,23,25,26);1H. The maximum Gasteiger partial charge on any atom is 0.191 e. The first-order valence-corrected chi connectivity index (χ1v) is 10.1. The molecule has 0 amide bonds. The molecule has 2 aromatic rings. The number of aliphatic imine (C=N–C) groups is 1. The van der Waals surface area contributed by atoms with Crippen LogP contribution in [0.25, 0.3) is 0 Å². The van der Waals surface area contributed by atoms with Gasteiger partial charge in [0.2, 0.25) is 0 Å². The molecule has 3 rings (SSSR count). The van der Waals surface area contributed by atoms with Crippen LogP contribution in [-0.2, 0) is 13.0 Å². The first-order valence-electron chi connectivity index (χ1n) is 10.1. The highest BCUT2D eigenvalue weighted by Gasteiger charge is 2.15. The number of likely N-dealkylation sites (N-methyl/N-ethyl adjacent to an activating group) is 1. The van der Waals surface area contributed by atoms with E-state index in [9.17, 15) is 0 Å². The van der Waals surface area contributed by atoms with Gasteiger partial charge in [-0.3, -0.25) is 4.99 Å². The highest BCUT2D eigenvalue weighted by Crippen LogP contribution is 2.15. The summed E-state index contributed by atoms with van der Waals surface area (Å²) in [6, 6.07) is 12.4. The van der Waals surface area contributed by atoms with Crippen LogP contribution < -0.4 is 20.3 Å². The molecule has 8 heteroatoms. The van der Waals surface area contributed by atoms with Crippen LogP contribution in [0, 0.1) is 0 Å². The maximum atomic E-state index is 5.20. The second kappa shape index (κ2) is 12.6. The fraction of sp³-hybridized carbons (Fsp3) is 0.455. The Bertz CT molecular complexity index is 790. The third kappa shape index (κ3) is 7.32. The molecule has 1 saturated heterocycles. The smallest absolute Gasteiger partial charge is 0.191 e. The summed E-state index contributed by atoms with van der Waals surface area (Å²) >= 11 is 0. The molecule has 0 saturated carbocycles. The Morgan fingerprint density at radius 1 is 1.07 bits per heavy atom. The normalized spacial score (nSPS) is 14.8. The third-order valence-corrected chi connectivity index (χ3v) is 5.19. The fourth-order valence-electron chi connectivity index (χ4n) is 3.30. The average Bonchev–Trinajstić information content (AvgIpc) is 2.77. The Morgan fingerprint density at radius 2 is 1.80 bits per heavy atom. The SMILES string of the molecule is CN=C(NCCc1ccc(OC)cc1)NCc1ccnc(N2CCN(C)CC2)c1.I. The second-order valence-electron chi connectivity index (χ2n) is 7.26. The van der Waals surface area contributed by atoms with Crippen molar-refractivity contribution in [3.05, 3.63) is 53.7 Å². The number of pyridine rings is 1. The van der Waals surface area contributed by atoms with Gasteiger partial charge in [0, 0.05) is 52.5 Å². The van der Waals surface area contributed by atoms with E-state index in [0.29, 0.717) is 6.54 Å². The van der Waals surface area contributed by atoms with Crippen LogP contribution >= 0.6 is 24.0 Å². The fourth-order valence-corrected chi connectivity index (χ4v) is 3.30. The molecule has 0 spiro atoms. The summed E-state index contributed by atoms with van der Waals surface area (Å²) in [5.41, 5.74) is 2.46. The lowest BCUT2D eigenvalue weighted by atomic mass is 10.1. The molecule has 1 aromatic carbocycles. The van der Waals surface area contributed by atoms with E-state index in [1.54, 1.807) is 14.2 Å². The van der Waals surface area contributed by atoms with Crippen LogP contribution in [0.3, 0.4) is 0 Å². The zero-order valence-corrected chi connectivity index (χ0v) is 20.4. The number of guanidine groups is 1. The van der Waals surface area contributed by atoms with Gasteiger partial charge in [0.05, 0.1) is 7.11 Å². The van der Waals surface area contributed by atoms with Crippen LogP contribution in [0.2, 0.25) is 0 Å². The number of aromatic nitrogens is 1. The Hall–Kier alpha value is -2.07. The maximum absolute atomic E-state index is 5.20. The molecule has 0 unspecified atom stereocenters. The van der Waals surface area contributed by atoms with Crippen LogP contribution in [0.5, 0.6) is 5.75 Å². The van der Waals surface area contributed by atoms with Crippen LogP contribution in [0.4, 0.5) is 5.82 Å². The highest BCUT2D eigenvalue weighted by molar-refractivity contribution is 14.0. The van der Waals surface area contributed by atoms with Crippen LogP contribution in [-0.4, -0.2) is 69.8 Å². The molecular weight excluding hydrogens is 491 g/mol. The van der Waals surface area contributed by atoms with Crippen molar-refractivity contribution >= 4 is 35.8 Å². The van der Waals surface area contributed by atoms with Gasteiger partial charge in [0.25, 0.3) is 0 Å². The summed E-state index contributed by atoms with van der Waals surface area (Å²) in [4.78, 5) is 13.6. The number of ether oxygens (including phenoxy) is 1. The van der Waals surface area contributed by atoms with E-state index in [1.165, 1.54) is 11.1 Å². The number of benzene rings is 1. The van der Waals surface area contributed by atoms with Crippen molar-refractivity contribution in [2.24, 2.45) is 4.99 Å². The molecule has 7 nitrogen and oxygen atoms in total. The minimum absolute atomic E-state index is 0. The first kappa shape index (κ1) is 24.2. The monoisotopic (exact) mass is 524 g/mol. The van der Waals surface area contributed by atoms with E-state index in [-0.39, 0.29) is 24.0 Å². The van der Waals surface area contributed by atoms with Crippen molar-refractivity contribution in [3.8, 4) is 5.75 Å². The van der Waals surface area contributed by atoms with Gasteiger partial charge in [0.1, 0.15) is 11.6 Å². The minimum Gasteiger partial charge on any atom is -0.497 e. The van der Waals surface area contributed by atoms with Gasteiger partial charge in [-0.05, 0) is 48.9 Å². The number of nitrogens with zero attached hydrogens (tertiary/aromatic N) is 4. The molecule has 2 N–H and O–H groups in total. The molecule has 1 aliphatic rings. The van der Waals surface area contributed by atoms with Crippen molar-refractivity contribution in [2.75, 3.05) is 58.8 Å². The Kier molecular flexibility index (Phi) is 10.2. The lowest BCUT2D eigenvalue weighted by Crippen LogP contribution is -2.44. The average molecular weight is 524 g/mol. The van der Waals surface area contributed by atoms with E-state index in [1.807, 2.05) is 18.3 Å². The largest absolute Gasteiger partial charge is 0.497 e. The van der Waals surface area contributed by atoms with Crippen molar-refractivity contribution in [1.82, 2.24) is 20.5 Å². The second-order valence-corrected chi connectivity index (χ2v) is 7.26. The molecule has 0 radical (unpaired) electrons. The van der Waals surface area contributed by atoms with E-state index >= 15 is 0 Å². The van der Waals surface area contributed by atoms with Crippen LogP contribution in [0.15, 0.2) is 47.6 Å². The summed E-state index contributed by atoms with van der Waals surface area (Å²) in [5, 5.41) is 6.77. The van der Waals surface area contributed by atoms with Crippen molar-refractivity contribution in [3.63, 3.8) is 0 Å². The Labute approximate surface area is 196 Å². The van der Waals surface area contributed by atoms with Gasteiger partial charge in [-0.25, -0.2) is 4.98 Å². The summed E-state index contributed by atoms with van der Waals surface area (Å²) in [5.74, 6) is 2.74. The van der Waals surface area contributed by atoms with Gasteiger partial charge in [-0.15, -0.1) is 24.0 Å². The van der Waals surface area contributed by atoms with Gasteiger partial charge in [0.15, 0.2) is 5.96 Å².